The Hall–Kier alpha value is -1.77. The molecule has 252 valence electrons. The molecule has 1 aliphatic rings. The summed E-state index contributed by atoms with van der Waals surface area (Å²) in [4.78, 5) is 10.0. The number of thioether (sulfide) groups is 1. The fourth-order valence-electron chi connectivity index (χ4n) is 5.21. The van der Waals surface area contributed by atoms with E-state index in [2.05, 4.69) is 69.4 Å². The summed E-state index contributed by atoms with van der Waals surface area (Å²) in [6.07, 6.45) is 2.18. The van der Waals surface area contributed by atoms with E-state index in [1.807, 2.05) is 11.8 Å². The van der Waals surface area contributed by atoms with E-state index in [0.29, 0.717) is 39.6 Å². The Morgan fingerprint density at radius 2 is 0.848 bits per heavy atom. The molecule has 5 rings (SSSR count). The van der Waals surface area contributed by atoms with Crippen LogP contribution in [-0.4, -0.2) is 74.0 Å². The van der Waals surface area contributed by atoms with Gasteiger partial charge in [-0.3, -0.25) is 9.80 Å². The highest BCUT2D eigenvalue weighted by atomic mass is 32.2. The van der Waals surface area contributed by atoms with E-state index in [4.69, 9.17) is 23.7 Å². The second kappa shape index (κ2) is 19.9. The van der Waals surface area contributed by atoms with Gasteiger partial charge in [-0.05, 0) is 71.7 Å². The van der Waals surface area contributed by atoms with Gasteiger partial charge in [-0.1, -0.05) is 13.8 Å². The van der Waals surface area contributed by atoms with E-state index in [1.165, 1.54) is 19.5 Å². The summed E-state index contributed by atoms with van der Waals surface area (Å²) in [5.41, 5.74) is 0. The van der Waals surface area contributed by atoms with Gasteiger partial charge in [0.05, 0.1) is 45.9 Å². The number of rotatable bonds is 4. The third-order valence-electron chi connectivity index (χ3n) is 7.31. The zero-order valence-corrected chi connectivity index (χ0v) is 31.0. The first kappa shape index (κ1) is 35.5. The zero-order valence-electron chi connectivity index (χ0n) is 26.9. The first-order valence-corrected chi connectivity index (χ1v) is 20.8. The summed E-state index contributed by atoms with van der Waals surface area (Å²) in [6, 6.07) is 8.38. The van der Waals surface area contributed by atoms with Gasteiger partial charge in [-0.15, -0.1) is 45.3 Å². The van der Waals surface area contributed by atoms with Crippen molar-refractivity contribution >= 4 is 57.1 Å². The van der Waals surface area contributed by atoms with Crippen LogP contribution in [0.4, 0.5) is 0 Å². The molecule has 4 aromatic heterocycles. The van der Waals surface area contributed by atoms with E-state index in [9.17, 15) is 0 Å². The molecule has 0 saturated carbocycles. The Labute approximate surface area is 294 Å². The Balaban J connectivity index is 1.22. The second-order valence-electron chi connectivity index (χ2n) is 10.9. The predicted octanol–water partition coefficient (Wildman–Crippen LogP) is 8.74. The third kappa shape index (κ3) is 11.2. The van der Waals surface area contributed by atoms with Crippen LogP contribution in [0.3, 0.4) is 0 Å². The minimum Gasteiger partial charge on any atom is -0.492 e. The lowest BCUT2D eigenvalue weighted by atomic mass is 10.3. The van der Waals surface area contributed by atoms with Gasteiger partial charge < -0.3 is 23.7 Å². The Bertz CT molecular complexity index is 1200. The summed E-state index contributed by atoms with van der Waals surface area (Å²) in [5, 5.41) is 8.51. The molecule has 0 radical (unpaired) electrons. The van der Waals surface area contributed by atoms with Crippen molar-refractivity contribution < 1.29 is 23.7 Å². The highest BCUT2D eigenvalue weighted by molar-refractivity contribution is 7.99. The number of thiophene rings is 4. The molecule has 7 nitrogen and oxygen atoms in total. The molecule has 12 heteroatoms. The van der Waals surface area contributed by atoms with Crippen molar-refractivity contribution in [3.05, 3.63) is 65.3 Å². The van der Waals surface area contributed by atoms with Crippen LogP contribution in [0, 0.1) is 0 Å². The van der Waals surface area contributed by atoms with Crippen molar-refractivity contribution in [2.45, 2.75) is 52.9 Å². The van der Waals surface area contributed by atoms with E-state index in [0.717, 1.165) is 86.6 Å². The monoisotopic (exact) mass is 722 g/mol. The van der Waals surface area contributed by atoms with Crippen LogP contribution in [0.1, 0.15) is 46.2 Å². The smallest absolute Gasteiger partial charge is 0.134 e. The van der Waals surface area contributed by atoms with Crippen LogP contribution in [0.2, 0.25) is 0 Å². The first-order valence-electron chi connectivity index (χ1n) is 16.1. The third-order valence-corrected chi connectivity index (χ3v) is 11.8. The Morgan fingerprint density at radius 1 is 0.500 bits per heavy atom. The minimum atomic E-state index is 0.516. The van der Waals surface area contributed by atoms with Gasteiger partial charge >= 0.3 is 0 Å². The number of fused-ring (bicyclic) bond motifs is 4. The Morgan fingerprint density at radius 3 is 1.20 bits per heavy atom. The average Bonchev–Trinajstić information content (AvgIpc) is 3.87. The van der Waals surface area contributed by atoms with Crippen LogP contribution in [0.15, 0.2) is 45.8 Å². The van der Waals surface area contributed by atoms with Crippen LogP contribution in [0.25, 0.3) is 0 Å². The highest BCUT2D eigenvalue weighted by Crippen LogP contribution is 2.32. The maximum Gasteiger partial charge on any atom is 0.134 e. The van der Waals surface area contributed by atoms with Crippen molar-refractivity contribution in [1.29, 1.82) is 0 Å². The van der Waals surface area contributed by atoms with Crippen LogP contribution in [-0.2, 0) is 30.9 Å². The van der Waals surface area contributed by atoms with E-state index < -0.39 is 0 Å². The molecule has 0 bridgehead atoms. The van der Waals surface area contributed by atoms with Gasteiger partial charge in [0, 0.05) is 37.7 Å². The second-order valence-corrected chi connectivity index (χ2v) is 16.1. The van der Waals surface area contributed by atoms with Gasteiger partial charge in [0.2, 0.25) is 0 Å². The SMILES string of the molecule is CCCN1Cc2sccc2OCCOCCOc2ccsc2CN(CCC)Cc2sccc2OCCSCCOc2ccsc2C1. The fraction of sp³-hybridized carbons (Fsp3) is 0.529. The lowest BCUT2D eigenvalue weighted by Crippen LogP contribution is -2.23. The molecule has 0 aromatic carbocycles. The number of nitrogens with zero attached hydrogens (tertiary/aromatic N) is 2. The summed E-state index contributed by atoms with van der Waals surface area (Å²) < 4.78 is 30.7. The molecule has 0 saturated heterocycles. The van der Waals surface area contributed by atoms with E-state index in [-0.39, 0.29) is 0 Å². The molecule has 0 unspecified atom stereocenters. The van der Waals surface area contributed by atoms with E-state index in [1.54, 1.807) is 45.3 Å². The minimum absolute atomic E-state index is 0.516. The van der Waals surface area contributed by atoms with Crippen molar-refractivity contribution in [2.75, 3.05) is 64.2 Å². The lowest BCUT2D eigenvalue weighted by molar-refractivity contribution is 0.0758. The molecular weight excluding hydrogens is 677 g/mol. The van der Waals surface area contributed by atoms with Gasteiger partial charge in [-0.2, -0.15) is 11.8 Å². The normalized spacial score (nSPS) is 17.4. The van der Waals surface area contributed by atoms with Crippen LogP contribution >= 0.6 is 57.1 Å². The summed E-state index contributed by atoms with van der Waals surface area (Å²) in [6.45, 7) is 13.4. The van der Waals surface area contributed by atoms with Crippen molar-refractivity contribution in [3.8, 4) is 23.0 Å². The van der Waals surface area contributed by atoms with Crippen molar-refractivity contribution in [2.24, 2.45) is 0 Å². The molecule has 5 heterocycles. The van der Waals surface area contributed by atoms with Gasteiger partial charge in [0.1, 0.15) is 36.2 Å². The number of hydrogen-bond acceptors (Lipinski definition) is 12. The van der Waals surface area contributed by atoms with Gasteiger partial charge in [-0.25, -0.2) is 0 Å². The molecule has 0 amide bonds. The zero-order chi connectivity index (χ0) is 31.8. The summed E-state index contributed by atoms with van der Waals surface area (Å²) in [5.74, 6) is 5.79. The summed E-state index contributed by atoms with van der Waals surface area (Å²) in [7, 11) is 0. The quantitative estimate of drug-likeness (QED) is 0.207. The molecule has 0 atom stereocenters. The van der Waals surface area contributed by atoms with Crippen LogP contribution in [0.5, 0.6) is 23.0 Å². The molecule has 4 aromatic rings. The van der Waals surface area contributed by atoms with Crippen LogP contribution < -0.4 is 18.9 Å². The van der Waals surface area contributed by atoms with Gasteiger partial charge in [0.15, 0.2) is 0 Å². The number of hydrogen-bond donors (Lipinski definition) is 0. The van der Waals surface area contributed by atoms with Crippen molar-refractivity contribution in [1.82, 2.24) is 9.80 Å². The maximum atomic E-state index is 6.26. The standard InChI is InChI=1S/C34H46N2O5S5/c1-3-9-35-23-31-27(5-17-43-31)38-13-11-37-12-14-39-28-6-18-44-32(28)24-36(10-4-2)26-34-30(8-20-46-34)41-16-22-42-21-15-40-29-7-19-45-33(29)25-35/h5-8,17-20H,3-4,9-16,21-26H2,1-2H3. The molecule has 46 heavy (non-hydrogen) atoms. The topological polar surface area (TPSA) is 52.6 Å². The molecular formula is C34H46N2O5S5. The van der Waals surface area contributed by atoms with E-state index >= 15 is 0 Å². The predicted molar refractivity (Wildman–Crippen MR) is 196 cm³/mol. The maximum absolute atomic E-state index is 6.26. The number of ether oxygens (including phenoxy) is 5. The van der Waals surface area contributed by atoms with Gasteiger partial charge in [0.25, 0.3) is 0 Å². The molecule has 0 spiro atoms. The molecule has 0 fully saturated rings. The highest BCUT2D eigenvalue weighted by Gasteiger charge is 2.17. The summed E-state index contributed by atoms with van der Waals surface area (Å²) >= 11 is 8.94. The largest absolute Gasteiger partial charge is 0.492 e. The lowest BCUT2D eigenvalue weighted by Gasteiger charge is -2.22. The fourth-order valence-corrected chi connectivity index (χ4v) is 9.24. The Kier molecular flexibility index (Phi) is 15.4. The first-order chi connectivity index (χ1) is 22.7. The average molecular weight is 723 g/mol. The molecule has 0 aliphatic carbocycles. The molecule has 0 N–H and O–H groups in total. The van der Waals surface area contributed by atoms with Crippen molar-refractivity contribution in [3.63, 3.8) is 0 Å². The molecule has 1 aliphatic heterocycles.